The Bertz CT molecular complexity index is 270. The number of carbonyl (C=O) groups is 2. The SMILES string of the molecule is CCOC(=O)NC1CCCN(CC(=O)OC)C1. The Hall–Kier alpha value is -1.30. The summed E-state index contributed by atoms with van der Waals surface area (Å²) in [6.45, 7) is 3.93. The van der Waals surface area contributed by atoms with Gasteiger partial charge in [-0.25, -0.2) is 4.79 Å². The predicted molar refractivity (Wildman–Crippen MR) is 61.6 cm³/mol. The molecule has 98 valence electrons. The number of nitrogens with one attached hydrogen (secondary N) is 1. The lowest BCUT2D eigenvalue weighted by Gasteiger charge is -2.31. The average molecular weight is 244 g/mol. The van der Waals surface area contributed by atoms with Gasteiger partial charge in [0.25, 0.3) is 0 Å². The van der Waals surface area contributed by atoms with Crippen LogP contribution >= 0.6 is 0 Å². The van der Waals surface area contributed by atoms with Gasteiger partial charge in [0.15, 0.2) is 0 Å². The molecule has 0 aromatic rings. The summed E-state index contributed by atoms with van der Waals surface area (Å²) < 4.78 is 9.44. The van der Waals surface area contributed by atoms with E-state index in [9.17, 15) is 9.59 Å². The van der Waals surface area contributed by atoms with Gasteiger partial charge in [-0.2, -0.15) is 0 Å². The summed E-state index contributed by atoms with van der Waals surface area (Å²) in [5, 5.41) is 2.79. The molecule has 1 heterocycles. The predicted octanol–water partition coefficient (Wildman–Crippen LogP) is 0.370. The number of hydrogen-bond donors (Lipinski definition) is 1. The van der Waals surface area contributed by atoms with E-state index in [1.165, 1.54) is 7.11 Å². The first-order valence-electron chi connectivity index (χ1n) is 5.88. The van der Waals surface area contributed by atoms with Crippen LogP contribution in [0, 0.1) is 0 Å². The van der Waals surface area contributed by atoms with E-state index in [2.05, 4.69) is 10.1 Å². The van der Waals surface area contributed by atoms with E-state index >= 15 is 0 Å². The van der Waals surface area contributed by atoms with Crippen LogP contribution in [0.2, 0.25) is 0 Å². The van der Waals surface area contributed by atoms with E-state index < -0.39 is 6.09 Å². The number of methoxy groups -OCH3 is 1. The van der Waals surface area contributed by atoms with E-state index in [0.29, 0.717) is 13.2 Å². The molecule has 6 heteroatoms. The fourth-order valence-electron chi connectivity index (χ4n) is 1.90. The van der Waals surface area contributed by atoms with Crippen LogP contribution < -0.4 is 5.32 Å². The molecule has 1 aliphatic heterocycles. The number of hydrogen-bond acceptors (Lipinski definition) is 5. The van der Waals surface area contributed by atoms with E-state index in [1.807, 2.05) is 4.90 Å². The molecule has 0 spiro atoms. The Balaban J connectivity index is 2.33. The number of nitrogens with zero attached hydrogens (tertiary/aromatic N) is 1. The van der Waals surface area contributed by atoms with Crippen molar-refractivity contribution in [1.82, 2.24) is 10.2 Å². The molecule has 0 aliphatic carbocycles. The molecule has 0 aromatic carbocycles. The normalized spacial score (nSPS) is 20.7. The van der Waals surface area contributed by atoms with E-state index in [1.54, 1.807) is 6.92 Å². The topological polar surface area (TPSA) is 67.9 Å². The minimum absolute atomic E-state index is 0.0486. The smallest absolute Gasteiger partial charge is 0.407 e. The Morgan fingerprint density at radius 3 is 2.88 bits per heavy atom. The number of piperidine rings is 1. The summed E-state index contributed by atoms with van der Waals surface area (Å²) in [6, 6.07) is 0.0486. The summed E-state index contributed by atoms with van der Waals surface area (Å²) in [4.78, 5) is 24.4. The summed E-state index contributed by atoms with van der Waals surface area (Å²) in [5.41, 5.74) is 0. The maximum absolute atomic E-state index is 11.3. The van der Waals surface area contributed by atoms with Gasteiger partial charge in [0.1, 0.15) is 0 Å². The Morgan fingerprint density at radius 1 is 1.47 bits per heavy atom. The first kappa shape index (κ1) is 13.8. The van der Waals surface area contributed by atoms with Crippen LogP contribution in [0.4, 0.5) is 4.79 Å². The summed E-state index contributed by atoms with van der Waals surface area (Å²) in [6.07, 6.45) is 1.47. The quantitative estimate of drug-likeness (QED) is 0.724. The third kappa shape index (κ3) is 5.04. The van der Waals surface area contributed by atoms with Gasteiger partial charge in [-0.1, -0.05) is 0 Å². The van der Waals surface area contributed by atoms with Crippen molar-refractivity contribution >= 4 is 12.1 Å². The molecule has 0 radical (unpaired) electrons. The molecule has 1 rings (SSSR count). The van der Waals surface area contributed by atoms with Crippen LogP contribution in [0.15, 0.2) is 0 Å². The fraction of sp³-hybridized carbons (Fsp3) is 0.818. The maximum Gasteiger partial charge on any atom is 0.407 e. The molecule has 1 amide bonds. The van der Waals surface area contributed by atoms with Gasteiger partial charge in [-0.05, 0) is 26.3 Å². The minimum Gasteiger partial charge on any atom is -0.468 e. The number of ether oxygens (including phenoxy) is 2. The monoisotopic (exact) mass is 244 g/mol. The zero-order chi connectivity index (χ0) is 12.7. The second kappa shape index (κ2) is 7.11. The highest BCUT2D eigenvalue weighted by Gasteiger charge is 2.23. The fourth-order valence-corrected chi connectivity index (χ4v) is 1.90. The number of likely N-dealkylation sites (tertiary alicyclic amines) is 1. The number of alkyl carbamates (subject to hydrolysis) is 1. The van der Waals surface area contributed by atoms with Crippen molar-refractivity contribution in [2.24, 2.45) is 0 Å². The van der Waals surface area contributed by atoms with Gasteiger partial charge in [0.2, 0.25) is 0 Å². The highest BCUT2D eigenvalue weighted by atomic mass is 16.5. The van der Waals surface area contributed by atoms with E-state index in [0.717, 1.165) is 19.4 Å². The van der Waals surface area contributed by atoms with E-state index in [-0.39, 0.29) is 18.6 Å². The second-order valence-electron chi connectivity index (χ2n) is 4.02. The number of amides is 1. The Morgan fingerprint density at radius 2 is 2.24 bits per heavy atom. The average Bonchev–Trinajstić information content (AvgIpc) is 2.29. The summed E-state index contributed by atoms with van der Waals surface area (Å²) >= 11 is 0. The molecule has 1 saturated heterocycles. The van der Waals surface area contributed by atoms with Crippen molar-refractivity contribution in [3.05, 3.63) is 0 Å². The molecular weight excluding hydrogens is 224 g/mol. The molecule has 17 heavy (non-hydrogen) atoms. The third-order valence-electron chi connectivity index (χ3n) is 2.68. The highest BCUT2D eigenvalue weighted by molar-refractivity contribution is 5.71. The van der Waals surface area contributed by atoms with Crippen molar-refractivity contribution in [3.63, 3.8) is 0 Å². The number of carbonyl (C=O) groups excluding carboxylic acids is 2. The van der Waals surface area contributed by atoms with Crippen molar-refractivity contribution in [1.29, 1.82) is 0 Å². The van der Waals surface area contributed by atoms with Crippen LogP contribution in [0.25, 0.3) is 0 Å². The molecule has 1 fully saturated rings. The Labute approximate surface area is 101 Å². The van der Waals surface area contributed by atoms with Gasteiger partial charge >= 0.3 is 12.1 Å². The van der Waals surface area contributed by atoms with Crippen LogP contribution in [0.1, 0.15) is 19.8 Å². The summed E-state index contributed by atoms with van der Waals surface area (Å²) in [5.74, 6) is -0.248. The lowest BCUT2D eigenvalue weighted by atomic mass is 10.1. The molecule has 0 bridgehead atoms. The van der Waals surface area contributed by atoms with Crippen LogP contribution in [-0.2, 0) is 14.3 Å². The largest absolute Gasteiger partial charge is 0.468 e. The number of rotatable bonds is 4. The second-order valence-corrected chi connectivity index (χ2v) is 4.02. The zero-order valence-electron chi connectivity index (χ0n) is 10.4. The van der Waals surface area contributed by atoms with Gasteiger partial charge in [0, 0.05) is 12.6 Å². The summed E-state index contributed by atoms with van der Waals surface area (Å²) in [7, 11) is 1.38. The minimum atomic E-state index is -0.391. The number of esters is 1. The third-order valence-corrected chi connectivity index (χ3v) is 2.68. The van der Waals surface area contributed by atoms with Crippen molar-refractivity contribution in [2.75, 3.05) is 33.4 Å². The standard InChI is InChI=1S/C11H20N2O4/c1-3-17-11(15)12-9-5-4-6-13(7-9)8-10(14)16-2/h9H,3-8H2,1-2H3,(H,12,15). The van der Waals surface area contributed by atoms with Crippen molar-refractivity contribution < 1.29 is 19.1 Å². The van der Waals surface area contributed by atoms with Crippen molar-refractivity contribution in [3.8, 4) is 0 Å². The first-order valence-corrected chi connectivity index (χ1v) is 5.88. The van der Waals surface area contributed by atoms with Crippen molar-refractivity contribution in [2.45, 2.75) is 25.8 Å². The molecule has 1 aliphatic rings. The van der Waals surface area contributed by atoms with E-state index in [4.69, 9.17) is 4.74 Å². The molecule has 1 N–H and O–H groups in total. The molecule has 1 unspecified atom stereocenters. The molecule has 0 saturated carbocycles. The Kier molecular flexibility index (Phi) is 5.76. The van der Waals surface area contributed by atoms with Crippen LogP contribution in [0.5, 0.6) is 0 Å². The highest BCUT2D eigenvalue weighted by Crippen LogP contribution is 2.10. The maximum atomic E-state index is 11.3. The van der Waals surface area contributed by atoms with Crippen LogP contribution in [-0.4, -0.2) is 56.4 Å². The molecular formula is C11H20N2O4. The molecule has 1 atom stereocenters. The van der Waals surface area contributed by atoms with Gasteiger partial charge in [0.05, 0.1) is 20.3 Å². The zero-order valence-corrected chi connectivity index (χ0v) is 10.4. The lowest BCUT2D eigenvalue weighted by Crippen LogP contribution is -2.49. The molecule has 0 aromatic heterocycles. The van der Waals surface area contributed by atoms with Crippen LogP contribution in [0.3, 0.4) is 0 Å². The first-order chi connectivity index (χ1) is 8.15. The van der Waals surface area contributed by atoms with Gasteiger partial charge in [-0.3, -0.25) is 9.69 Å². The van der Waals surface area contributed by atoms with Gasteiger partial charge < -0.3 is 14.8 Å². The lowest BCUT2D eigenvalue weighted by molar-refractivity contribution is -0.142. The van der Waals surface area contributed by atoms with Gasteiger partial charge in [-0.15, -0.1) is 0 Å². The molecule has 6 nitrogen and oxygen atoms in total.